The summed E-state index contributed by atoms with van der Waals surface area (Å²) in [6, 6.07) is 4.48. The van der Waals surface area contributed by atoms with E-state index in [0.29, 0.717) is 6.04 Å². The van der Waals surface area contributed by atoms with Gasteiger partial charge in [-0.25, -0.2) is 0 Å². The van der Waals surface area contributed by atoms with Gasteiger partial charge in [-0.05, 0) is 50.0 Å². The lowest BCUT2D eigenvalue weighted by Gasteiger charge is -2.46. The molecule has 4 nitrogen and oxygen atoms in total. The Labute approximate surface area is 122 Å². The van der Waals surface area contributed by atoms with Crippen LogP contribution in [0.15, 0.2) is 24.5 Å². The first kappa shape index (κ1) is 15.4. The molecule has 1 saturated carbocycles. The van der Waals surface area contributed by atoms with Gasteiger partial charge in [-0.15, -0.1) is 0 Å². The molecule has 1 aromatic rings. The Morgan fingerprint density at radius 3 is 2.35 bits per heavy atom. The maximum absolute atomic E-state index is 5.94. The Hall–Kier alpha value is -0.970. The number of nitrogens with two attached hydrogens (primary N) is 1. The quantitative estimate of drug-likeness (QED) is 0.591. The summed E-state index contributed by atoms with van der Waals surface area (Å²) in [5.41, 5.74) is 4.64. The first-order valence-electron chi connectivity index (χ1n) is 7.87. The highest BCUT2D eigenvalue weighted by Gasteiger charge is 2.44. The molecule has 0 bridgehead atoms. The van der Waals surface area contributed by atoms with E-state index >= 15 is 0 Å². The van der Waals surface area contributed by atoms with Crippen LogP contribution in [0.4, 0.5) is 0 Å². The zero-order valence-corrected chi connectivity index (χ0v) is 12.8. The maximum Gasteiger partial charge on any atom is 0.0435 e. The minimum Gasteiger partial charge on any atom is -0.297 e. The molecule has 4 heteroatoms. The minimum atomic E-state index is 0.210. The number of nitrogens with one attached hydrogen (secondary N) is 1. The van der Waals surface area contributed by atoms with E-state index in [1.165, 1.54) is 31.2 Å². The SMILES string of the molecule is CCN(CC)C1(C(Cc2ccncc2)NN)CCCC1. The van der Waals surface area contributed by atoms with Gasteiger partial charge in [0.2, 0.25) is 0 Å². The van der Waals surface area contributed by atoms with E-state index in [1.54, 1.807) is 0 Å². The van der Waals surface area contributed by atoms with Crippen molar-refractivity contribution < 1.29 is 0 Å². The summed E-state index contributed by atoms with van der Waals surface area (Å²) in [6.45, 7) is 6.68. The number of rotatable bonds is 7. The van der Waals surface area contributed by atoms with Crippen molar-refractivity contribution in [3.8, 4) is 0 Å². The lowest BCUT2D eigenvalue weighted by atomic mass is 9.83. The molecule has 0 amide bonds. The largest absolute Gasteiger partial charge is 0.297 e. The number of hydrogen-bond acceptors (Lipinski definition) is 4. The van der Waals surface area contributed by atoms with Crippen molar-refractivity contribution in [3.05, 3.63) is 30.1 Å². The highest BCUT2D eigenvalue weighted by Crippen LogP contribution is 2.38. The molecule has 112 valence electrons. The van der Waals surface area contributed by atoms with E-state index in [4.69, 9.17) is 5.84 Å². The van der Waals surface area contributed by atoms with Crippen molar-refractivity contribution >= 4 is 0 Å². The number of likely N-dealkylation sites (N-methyl/N-ethyl adjacent to an activating group) is 1. The van der Waals surface area contributed by atoms with E-state index in [9.17, 15) is 0 Å². The Bertz CT molecular complexity index is 383. The molecule has 1 fully saturated rings. The number of hydrogen-bond donors (Lipinski definition) is 2. The summed E-state index contributed by atoms with van der Waals surface area (Å²) >= 11 is 0. The third kappa shape index (κ3) is 3.03. The summed E-state index contributed by atoms with van der Waals surface area (Å²) in [6.07, 6.45) is 9.80. The molecule has 0 aliphatic heterocycles. The molecular weight excluding hydrogens is 248 g/mol. The van der Waals surface area contributed by atoms with Crippen molar-refractivity contribution in [2.45, 2.75) is 57.5 Å². The van der Waals surface area contributed by atoms with Crippen LogP contribution in [-0.2, 0) is 6.42 Å². The van der Waals surface area contributed by atoms with Crippen LogP contribution in [0.5, 0.6) is 0 Å². The normalized spacial score (nSPS) is 19.4. The molecule has 1 heterocycles. The second kappa shape index (κ2) is 7.16. The molecule has 1 aliphatic carbocycles. The minimum absolute atomic E-state index is 0.210. The van der Waals surface area contributed by atoms with Crippen molar-refractivity contribution in [2.24, 2.45) is 5.84 Å². The smallest absolute Gasteiger partial charge is 0.0435 e. The Morgan fingerprint density at radius 2 is 1.85 bits per heavy atom. The summed E-state index contributed by atoms with van der Waals surface area (Å²) in [7, 11) is 0. The van der Waals surface area contributed by atoms with Gasteiger partial charge in [-0.3, -0.25) is 21.2 Å². The monoisotopic (exact) mass is 276 g/mol. The molecular formula is C16H28N4. The third-order valence-corrected chi connectivity index (χ3v) is 4.90. The van der Waals surface area contributed by atoms with Crippen molar-refractivity contribution in [1.29, 1.82) is 0 Å². The van der Waals surface area contributed by atoms with Crippen LogP contribution in [0.1, 0.15) is 45.1 Å². The highest BCUT2D eigenvalue weighted by atomic mass is 15.3. The number of nitrogens with zero attached hydrogens (tertiary/aromatic N) is 2. The first-order chi connectivity index (χ1) is 9.76. The predicted molar refractivity (Wildman–Crippen MR) is 83.2 cm³/mol. The summed E-state index contributed by atoms with van der Waals surface area (Å²) < 4.78 is 0. The van der Waals surface area contributed by atoms with Gasteiger partial charge in [0.15, 0.2) is 0 Å². The molecule has 0 saturated heterocycles. The predicted octanol–water partition coefficient (Wildman–Crippen LogP) is 2.11. The zero-order valence-electron chi connectivity index (χ0n) is 12.8. The summed E-state index contributed by atoms with van der Waals surface area (Å²) in [5, 5.41) is 0. The van der Waals surface area contributed by atoms with E-state index in [0.717, 1.165) is 19.5 Å². The molecule has 1 aromatic heterocycles. The highest BCUT2D eigenvalue weighted by molar-refractivity contribution is 5.15. The Morgan fingerprint density at radius 1 is 1.25 bits per heavy atom. The maximum atomic E-state index is 5.94. The fourth-order valence-corrected chi connectivity index (χ4v) is 3.88. The van der Waals surface area contributed by atoms with Crippen molar-refractivity contribution in [2.75, 3.05) is 13.1 Å². The third-order valence-electron chi connectivity index (χ3n) is 4.90. The van der Waals surface area contributed by atoms with Crippen LogP contribution in [0.25, 0.3) is 0 Å². The number of hydrazine groups is 1. The van der Waals surface area contributed by atoms with Gasteiger partial charge in [0, 0.05) is 24.0 Å². The van der Waals surface area contributed by atoms with Gasteiger partial charge in [0.1, 0.15) is 0 Å². The summed E-state index contributed by atoms with van der Waals surface area (Å²) in [4.78, 5) is 6.70. The van der Waals surface area contributed by atoms with Crippen LogP contribution in [0.2, 0.25) is 0 Å². The fraction of sp³-hybridized carbons (Fsp3) is 0.688. The molecule has 1 atom stereocenters. The van der Waals surface area contributed by atoms with Gasteiger partial charge in [-0.1, -0.05) is 26.7 Å². The first-order valence-corrected chi connectivity index (χ1v) is 7.87. The second-order valence-electron chi connectivity index (χ2n) is 5.76. The van der Waals surface area contributed by atoms with Crippen LogP contribution in [0, 0.1) is 0 Å². The second-order valence-corrected chi connectivity index (χ2v) is 5.76. The van der Waals surface area contributed by atoms with E-state index < -0.39 is 0 Å². The molecule has 3 N–H and O–H groups in total. The van der Waals surface area contributed by atoms with Gasteiger partial charge in [-0.2, -0.15) is 0 Å². The average Bonchev–Trinajstić information content (AvgIpc) is 2.97. The number of aromatic nitrogens is 1. The lowest BCUT2D eigenvalue weighted by molar-refractivity contribution is 0.0629. The van der Waals surface area contributed by atoms with E-state index in [2.05, 4.69) is 41.3 Å². The molecule has 2 rings (SSSR count). The molecule has 20 heavy (non-hydrogen) atoms. The lowest BCUT2D eigenvalue weighted by Crippen LogP contribution is -2.62. The Kier molecular flexibility index (Phi) is 5.52. The topological polar surface area (TPSA) is 54.2 Å². The van der Waals surface area contributed by atoms with Crippen LogP contribution in [-0.4, -0.2) is 34.6 Å². The van der Waals surface area contributed by atoms with Crippen molar-refractivity contribution in [3.63, 3.8) is 0 Å². The fourth-order valence-electron chi connectivity index (χ4n) is 3.88. The standard InChI is InChI=1S/C16H28N4/c1-3-20(4-2)16(9-5-6-10-16)15(19-17)13-14-7-11-18-12-8-14/h7-8,11-12,15,19H,3-6,9-10,13,17H2,1-2H3. The number of pyridine rings is 1. The van der Waals surface area contributed by atoms with Crippen molar-refractivity contribution in [1.82, 2.24) is 15.3 Å². The van der Waals surface area contributed by atoms with E-state index in [-0.39, 0.29) is 5.54 Å². The average molecular weight is 276 g/mol. The molecule has 0 spiro atoms. The van der Waals surface area contributed by atoms with Gasteiger partial charge < -0.3 is 0 Å². The van der Waals surface area contributed by atoms with Crippen LogP contribution in [0.3, 0.4) is 0 Å². The molecule has 0 aromatic carbocycles. The Balaban J connectivity index is 2.21. The summed E-state index contributed by atoms with van der Waals surface area (Å²) in [5.74, 6) is 5.94. The zero-order chi connectivity index (χ0) is 14.4. The van der Waals surface area contributed by atoms with Gasteiger partial charge in [0.25, 0.3) is 0 Å². The van der Waals surface area contributed by atoms with E-state index in [1.807, 2.05) is 12.4 Å². The van der Waals surface area contributed by atoms with Crippen LogP contribution >= 0.6 is 0 Å². The molecule has 1 unspecified atom stereocenters. The van der Waals surface area contributed by atoms with Crippen LogP contribution < -0.4 is 11.3 Å². The molecule has 1 aliphatic rings. The molecule has 0 radical (unpaired) electrons. The van der Waals surface area contributed by atoms with Gasteiger partial charge >= 0.3 is 0 Å². The van der Waals surface area contributed by atoms with Gasteiger partial charge in [0.05, 0.1) is 0 Å².